The molecule has 0 saturated carbocycles. The standard InChI is InChI=1S/C14H19N3O2S2/c1-4-15-14-8-13(5-6-16-14)21(18,19)17-9-12-7-10(2)11(3)20-12/h5-8,17H,4,9H2,1-3H3,(H,15,16). The van der Waals surface area contributed by atoms with Crippen LogP contribution in [0.3, 0.4) is 0 Å². The summed E-state index contributed by atoms with van der Waals surface area (Å²) < 4.78 is 27.2. The maximum Gasteiger partial charge on any atom is 0.241 e. The van der Waals surface area contributed by atoms with Crippen LogP contribution in [-0.2, 0) is 16.6 Å². The van der Waals surface area contributed by atoms with Crippen LogP contribution >= 0.6 is 11.3 Å². The highest BCUT2D eigenvalue weighted by atomic mass is 32.2. The van der Waals surface area contributed by atoms with Crippen LogP contribution in [-0.4, -0.2) is 19.9 Å². The number of aryl methyl sites for hydroxylation is 2. The molecule has 0 atom stereocenters. The molecule has 2 heterocycles. The number of hydrogen-bond donors (Lipinski definition) is 2. The predicted molar refractivity (Wildman–Crippen MR) is 86.2 cm³/mol. The van der Waals surface area contributed by atoms with Crippen LogP contribution in [0.5, 0.6) is 0 Å². The third-order valence-corrected chi connectivity index (χ3v) is 5.60. The first kappa shape index (κ1) is 15.9. The van der Waals surface area contributed by atoms with Gasteiger partial charge in [0.1, 0.15) is 5.82 Å². The van der Waals surface area contributed by atoms with E-state index in [-0.39, 0.29) is 4.90 Å². The summed E-state index contributed by atoms with van der Waals surface area (Å²) in [5.41, 5.74) is 1.19. The molecule has 0 spiro atoms. The zero-order chi connectivity index (χ0) is 15.5. The molecule has 0 aliphatic heterocycles. The van der Waals surface area contributed by atoms with E-state index in [0.717, 1.165) is 4.88 Å². The van der Waals surface area contributed by atoms with Crippen molar-refractivity contribution in [2.24, 2.45) is 0 Å². The molecule has 0 saturated heterocycles. The fourth-order valence-electron chi connectivity index (χ4n) is 1.84. The average Bonchev–Trinajstić information content (AvgIpc) is 2.77. The number of sulfonamides is 1. The Morgan fingerprint density at radius 1 is 1.29 bits per heavy atom. The normalized spacial score (nSPS) is 11.6. The van der Waals surface area contributed by atoms with Gasteiger partial charge in [0, 0.05) is 35.1 Å². The summed E-state index contributed by atoms with van der Waals surface area (Å²) in [6, 6.07) is 5.05. The fraction of sp³-hybridized carbons (Fsp3) is 0.357. The maximum atomic E-state index is 12.3. The van der Waals surface area contributed by atoms with Gasteiger partial charge in [0.05, 0.1) is 4.90 Å². The second-order valence-electron chi connectivity index (χ2n) is 4.68. The summed E-state index contributed by atoms with van der Waals surface area (Å²) >= 11 is 1.61. The highest BCUT2D eigenvalue weighted by Gasteiger charge is 2.15. The van der Waals surface area contributed by atoms with Gasteiger partial charge in [-0.2, -0.15) is 0 Å². The summed E-state index contributed by atoms with van der Waals surface area (Å²) in [5, 5.41) is 3.00. The molecule has 2 aromatic rings. The van der Waals surface area contributed by atoms with E-state index in [1.165, 1.54) is 28.8 Å². The van der Waals surface area contributed by atoms with Gasteiger partial charge < -0.3 is 5.32 Å². The monoisotopic (exact) mass is 325 g/mol. The van der Waals surface area contributed by atoms with Gasteiger partial charge in [-0.1, -0.05) is 0 Å². The topological polar surface area (TPSA) is 71.1 Å². The van der Waals surface area contributed by atoms with Gasteiger partial charge >= 0.3 is 0 Å². The minimum atomic E-state index is -3.53. The van der Waals surface area contributed by atoms with Gasteiger partial charge in [0.15, 0.2) is 0 Å². The third kappa shape index (κ3) is 4.03. The molecule has 0 unspecified atom stereocenters. The Labute approximate surface area is 129 Å². The number of nitrogens with one attached hydrogen (secondary N) is 2. The zero-order valence-electron chi connectivity index (χ0n) is 12.3. The maximum absolute atomic E-state index is 12.3. The second kappa shape index (κ2) is 6.55. The molecule has 7 heteroatoms. The molecule has 0 amide bonds. The molecule has 0 aromatic carbocycles. The van der Waals surface area contributed by atoms with Crippen molar-refractivity contribution < 1.29 is 8.42 Å². The van der Waals surface area contributed by atoms with E-state index in [1.807, 2.05) is 26.8 Å². The lowest BCUT2D eigenvalue weighted by Crippen LogP contribution is -2.23. The summed E-state index contributed by atoms with van der Waals surface area (Å²) in [5.74, 6) is 0.559. The Morgan fingerprint density at radius 3 is 2.67 bits per heavy atom. The van der Waals surface area contributed by atoms with Crippen molar-refractivity contribution in [3.05, 3.63) is 39.7 Å². The highest BCUT2D eigenvalue weighted by Crippen LogP contribution is 2.21. The lowest BCUT2D eigenvalue weighted by molar-refractivity contribution is 0.581. The fourth-order valence-corrected chi connectivity index (χ4v) is 3.95. The van der Waals surface area contributed by atoms with Crippen molar-refractivity contribution in [1.82, 2.24) is 9.71 Å². The molecule has 0 fully saturated rings. The van der Waals surface area contributed by atoms with Gasteiger partial charge in [0.2, 0.25) is 10.0 Å². The number of pyridine rings is 1. The first-order valence-corrected chi connectivity index (χ1v) is 8.98. The SMILES string of the molecule is CCNc1cc(S(=O)(=O)NCc2cc(C)c(C)s2)ccn1. The van der Waals surface area contributed by atoms with Crippen molar-refractivity contribution in [3.63, 3.8) is 0 Å². The molecular weight excluding hydrogens is 306 g/mol. The van der Waals surface area contributed by atoms with E-state index in [4.69, 9.17) is 0 Å². The summed E-state index contributed by atoms with van der Waals surface area (Å²) in [4.78, 5) is 6.51. The number of anilines is 1. The van der Waals surface area contributed by atoms with Gasteiger partial charge in [-0.3, -0.25) is 0 Å². The van der Waals surface area contributed by atoms with Crippen LogP contribution in [0, 0.1) is 13.8 Å². The van der Waals surface area contributed by atoms with Crippen LogP contribution in [0.4, 0.5) is 5.82 Å². The molecule has 2 aromatic heterocycles. The Hall–Kier alpha value is -1.44. The van der Waals surface area contributed by atoms with Gasteiger partial charge in [-0.25, -0.2) is 18.1 Å². The Kier molecular flexibility index (Phi) is 4.97. The largest absolute Gasteiger partial charge is 0.370 e. The van der Waals surface area contributed by atoms with Crippen molar-refractivity contribution in [2.45, 2.75) is 32.2 Å². The zero-order valence-corrected chi connectivity index (χ0v) is 13.9. The van der Waals surface area contributed by atoms with Crippen molar-refractivity contribution in [2.75, 3.05) is 11.9 Å². The predicted octanol–water partition coefficient (Wildman–Crippen LogP) is 2.67. The van der Waals surface area contributed by atoms with E-state index in [9.17, 15) is 8.42 Å². The Bertz CT molecular complexity index is 704. The van der Waals surface area contributed by atoms with Crippen LogP contribution in [0.15, 0.2) is 29.3 Å². The minimum Gasteiger partial charge on any atom is -0.370 e. The highest BCUT2D eigenvalue weighted by molar-refractivity contribution is 7.89. The number of thiophene rings is 1. The Balaban J connectivity index is 2.12. The summed E-state index contributed by atoms with van der Waals surface area (Å²) in [6.07, 6.45) is 1.49. The van der Waals surface area contributed by atoms with Gasteiger partial charge in [0.25, 0.3) is 0 Å². The van der Waals surface area contributed by atoms with Crippen molar-refractivity contribution in [3.8, 4) is 0 Å². The number of aromatic nitrogens is 1. The van der Waals surface area contributed by atoms with Crippen LogP contribution in [0.25, 0.3) is 0 Å². The van der Waals surface area contributed by atoms with Crippen LogP contribution < -0.4 is 10.0 Å². The van der Waals surface area contributed by atoms with Crippen LogP contribution in [0.1, 0.15) is 22.2 Å². The number of hydrogen-bond acceptors (Lipinski definition) is 5. The molecule has 114 valence electrons. The molecule has 0 aliphatic carbocycles. The molecule has 0 bridgehead atoms. The van der Waals surface area contributed by atoms with E-state index < -0.39 is 10.0 Å². The molecule has 2 rings (SSSR count). The Morgan fingerprint density at radius 2 is 2.05 bits per heavy atom. The molecule has 0 aliphatic rings. The summed E-state index contributed by atoms with van der Waals surface area (Å²) in [7, 11) is -3.53. The molecular formula is C14H19N3O2S2. The second-order valence-corrected chi connectivity index (χ2v) is 7.79. The van der Waals surface area contributed by atoms with E-state index in [2.05, 4.69) is 15.0 Å². The van der Waals surface area contributed by atoms with E-state index in [0.29, 0.717) is 18.9 Å². The average molecular weight is 325 g/mol. The van der Waals surface area contributed by atoms with Gasteiger partial charge in [-0.15, -0.1) is 11.3 Å². The van der Waals surface area contributed by atoms with E-state index >= 15 is 0 Å². The van der Waals surface area contributed by atoms with Crippen LogP contribution in [0.2, 0.25) is 0 Å². The van der Waals surface area contributed by atoms with Gasteiger partial charge in [-0.05, 0) is 38.5 Å². The summed E-state index contributed by atoms with van der Waals surface area (Å²) in [6.45, 7) is 6.99. The quantitative estimate of drug-likeness (QED) is 0.856. The third-order valence-electron chi connectivity index (χ3n) is 3.05. The smallest absolute Gasteiger partial charge is 0.241 e. The molecule has 0 radical (unpaired) electrons. The minimum absolute atomic E-state index is 0.221. The lowest BCUT2D eigenvalue weighted by atomic mass is 10.3. The lowest BCUT2D eigenvalue weighted by Gasteiger charge is -2.07. The first-order chi connectivity index (χ1) is 9.92. The molecule has 21 heavy (non-hydrogen) atoms. The number of nitrogens with zero attached hydrogens (tertiary/aromatic N) is 1. The first-order valence-electron chi connectivity index (χ1n) is 6.68. The number of rotatable bonds is 6. The molecule has 2 N–H and O–H groups in total. The molecule has 5 nitrogen and oxygen atoms in total. The van der Waals surface area contributed by atoms with Crippen molar-refractivity contribution >= 4 is 27.2 Å². The van der Waals surface area contributed by atoms with Crippen molar-refractivity contribution in [1.29, 1.82) is 0 Å². The van der Waals surface area contributed by atoms with E-state index in [1.54, 1.807) is 11.3 Å².